The molecule has 0 bridgehead atoms. The molecule has 0 radical (unpaired) electrons. The van der Waals surface area contributed by atoms with E-state index in [-0.39, 0.29) is 31.3 Å². The van der Waals surface area contributed by atoms with Gasteiger partial charge in [0.1, 0.15) is 11.5 Å². The Morgan fingerprint density at radius 1 is 1.18 bits per heavy atom. The topological polar surface area (TPSA) is 90.9 Å². The minimum absolute atomic E-state index is 0.0513. The van der Waals surface area contributed by atoms with Crippen LogP contribution in [0, 0.1) is 0 Å². The number of amides is 1. The van der Waals surface area contributed by atoms with E-state index in [1.165, 1.54) is 6.07 Å². The first-order valence-corrected chi connectivity index (χ1v) is 9.03. The summed E-state index contributed by atoms with van der Waals surface area (Å²) in [5.41, 5.74) is 1.68. The Bertz CT molecular complexity index is 892. The molecule has 146 valence electrons. The molecule has 0 spiro atoms. The monoisotopic (exact) mass is 383 g/mol. The summed E-state index contributed by atoms with van der Waals surface area (Å²) in [6.45, 7) is 2.03. The van der Waals surface area contributed by atoms with Crippen molar-refractivity contribution in [1.82, 2.24) is 0 Å². The SMILES string of the molecule is CCOc1ccccc1CCC(=O)OCC(=O)c1ccc2c(c1)NC(=O)CO2. The molecule has 1 heterocycles. The molecule has 7 heteroatoms. The van der Waals surface area contributed by atoms with Crippen LogP contribution in [-0.4, -0.2) is 37.5 Å². The molecule has 28 heavy (non-hydrogen) atoms. The smallest absolute Gasteiger partial charge is 0.306 e. The quantitative estimate of drug-likeness (QED) is 0.557. The number of carbonyl (C=O) groups excluding carboxylic acids is 3. The van der Waals surface area contributed by atoms with Crippen molar-refractivity contribution in [3.05, 3.63) is 53.6 Å². The molecule has 0 saturated carbocycles. The summed E-state index contributed by atoms with van der Waals surface area (Å²) in [6, 6.07) is 12.2. The first-order chi connectivity index (χ1) is 13.6. The van der Waals surface area contributed by atoms with Crippen LogP contribution in [0.1, 0.15) is 29.3 Å². The summed E-state index contributed by atoms with van der Waals surface area (Å²) >= 11 is 0. The highest BCUT2D eigenvalue weighted by molar-refractivity contribution is 6.01. The number of rotatable bonds is 8. The van der Waals surface area contributed by atoms with Crippen LogP contribution in [0.3, 0.4) is 0 Å². The van der Waals surface area contributed by atoms with Crippen molar-refractivity contribution >= 4 is 23.3 Å². The molecule has 0 atom stereocenters. The van der Waals surface area contributed by atoms with Gasteiger partial charge in [-0.15, -0.1) is 0 Å². The van der Waals surface area contributed by atoms with E-state index in [0.717, 1.165) is 11.3 Å². The van der Waals surface area contributed by atoms with Crippen LogP contribution in [0.5, 0.6) is 11.5 Å². The number of ketones is 1. The Balaban J connectivity index is 1.51. The van der Waals surface area contributed by atoms with Gasteiger partial charge >= 0.3 is 5.97 Å². The van der Waals surface area contributed by atoms with Crippen LogP contribution in [0.25, 0.3) is 0 Å². The molecule has 0 aliphatic carbocycles. The molecule has 1 N–H and O–H groups in total. The number of para-hydroxylation sites is 1. The van der Waals surface area contributed by atoms with E-state index in [0.29, 0.717) is 30.0 Å². The molecular formula is C21H21NO6. The molecule has 7 nitrogen and oxygen atoms in total. The molecule has 0 unspecified atom stereocenters. The largest absolute Gasteiger partial charge is 0.494 e. The maximum Gasteiger partial charge on any atom is 0.306 e. The summed E-state index contributed by atoms with van der Waals surface area (Å²) in [6.07, 6.45) is 0.608. The maximum atomic E-state index is 12.3. The molecule has 3 rings (SSSR count). The third-order valence-electron chi connectivity index (χ3n) is 4.17. The van der Waals surface area contributed by atoms with Crippen molar-refractivity contribution in [3.8, 4) is 11.5 Å². The first-order valence-electron chi connectivity index (χ1n) is 9.03. The summed E-state index contributed by atoms with van der Waals surface area (Å²) in [5, 5.41) is 2.64. The minimum Gasteiger partial charge on any atom is -0.494 e. The maximum absolute atomic E-state index is 12.3. The molecule has 2 aromatic rings. The number of Topliss-reactive ketones (excluding diaryl/α,β-unsaturated/α-hetero) is 1. The van der Waals surface area contributed by atoms with Crippen LogP contribution in [0.2, 0.25) is 0 Å². The lowest BCUT2D eigenvalue weighted by Crippen LogP contribution is -2.25. The highest BCUT2D eigenvalue weighted by atomic mass is 16.5. The van der Waals surface area contributed by atoms with Crippen molar-refractivity contribution in [2.24, 2.45) is 0 Å². The average Bonchev–Trinajstić information content (AvgIpc) is 2.71. The standard InChI is InChI=1S/C21H21NO6/c1-2-26-18-6-4-3-5-14(18)8-10-21(25)28-12-17(23)15-7-9-19-16(11-15)22-20(24)13-27-19/h3-7,9,11H,2,8,10,12-13H2,1H3,(H,22,24). The predicted molar refractivity (Wildman–Crippen MR) is 102 cm³/mol. The van der Waals surface area contributed by atoms with E-state index in [2.05, 4.69) is 5.32 Å². The Hall–Kier alpha value is -3.35. The van der Waals surface area contributed by atoms with Crippen molar-refractivity contribution < 1.29 is 28.6 Å². The van der Waals surface area contributed by atoms with Gasteiger partial charge in [0.25, 0.3) is 5.91 Å². The fourth-order valence-electron chi connectivity index (χ4n) is 2.80. The van der Waals surface area contributed by atoms with Gasteiger partial charge in [-0.05, 0) is 43.2 Å². The molecule has 1 amide bonds. The third kappa shape index (κ3) is 4.88. The van der Waals surface area contributed by atoms with Crippen molar-refractivity contribution in [3.63, 3.8) is 0 Å². The number of nitrogens with one attached hydrogen (secondary N) is 1. The highest BCUT2D eigenvalue weighted by Gasteiger charge is 2.18. The van der Waals surface area contributed by atoms with Gasteiger partial charge in [0.15, 0.2) is 19.0 Å². The van der Waals surface area contributed by atoms with Gasteiger partial charge in [-0.25, -0.2) is 0 Å². The zero-order valence-electron chi connectivity index (χ0n) is 15.5. The second-order valence-electron chi connectivity index (χ2n) is 6.17. The number of hydrogen-bond acceptors (Lipinski definition) is 6. The number of anilines is 1. The van der Waals surface area contributed by atoms with E-state index in [9.17, 15) is 14.4 Å². The van der Waals surface area contributed by atoms with Gasteiger partial charge in [-0.1, -0.05) is 18.2 Å². The molecule has 2 aromatic carbocycles. The van der Waals surface area contributed by atoms with Crippen LogP contribution < -0.4 is 14.8 Å². The molecule has 1 aliphatic rings. The lowest BCUT2D eigenvalue weighted by Gasteiger charge is -2.18. The summed E-state index contributed by atoms with van der Waals surface area (Å²) in [4.78, 5) is 35.7. The van der Waals surface area contributed by atoms with Crippen LogP contribution in [0.15, 0.2) is 42.5 Å². The Morgan fingerprint density at radius 2 is 2.00 bits per heavy atom. The van der Waals surface area contributed by atoms with Crippen LogP contribution >= 0.6 is 0 Å². The van der Waals surface area contributed by atoms with Gasteiger partial charge in [0.2, 0.25) is 0 Å². The van der Waals surface area contributed by atoms with E-state index in [4.69, 9.17) is 14.2 Å². The Labute approximate surface area is 162 Å². The van der Waals surface area contributed by atoms with Gasteiger partial charge in [0.05, 0.1) is 12.3 Å². The fraction of sp³-hybridized carbons (Fsp3) is 0.286. The van der Waals surface area contributed by atoms with E-state index >= 15 is 0 Å². The summed E-state index contributed by atoms with van der Waals surface area (Å²) in [7, 11) is 0. The van der Waals surface area contributed by atoms with E-state index in [1.807, 2.05) is 31.2 Å². The van der Waals surface area contributed by atoms with E-state index < -0.39 is 5.97 Å². The zero-order valence-corrected chi connectivity index (χ0v) is 15.5. The normalized spacial score (nSPS) is 12.4. The lowest BCUT2D eigenvalue weighted by molar-refractivity contribution is -0.142. The fourth-order valence-corrected chi connectivity index (χ4v) is 2.80. The van der Waals surface area contributed by atoms with Crippen molar-refractivity contribution in [2.45, 2.75) is 19.8 Å². The number of ether oxygens (including phenoxy) is 3. The van der Waals surface area contributed by atoms with E-state index in [1.54, 1.807) is 12.1 Å². The molecular weight excluding hydrogens is 362 g/mol. The third-order valence-corrected chi connectivity index (χ3v) is 4.17. The van der Waals surface area contributed by atoms with Gasteiger partial charge < -0.3 is 19.5 Å². The first kappa shape index (κ1) is 19.4. The Kier molecular flexibility index (Phi) is 6.26. The van der Waals surface area contributed by atoms with Gasteiger partial charge in [0, 0.05) is 12.0 Å². The Morgan fingerprint density at radius 3 is 2.82 bits per heavy atom. The van der Waals surface area contributed by atoms with Gasteiger partial charge in [-0.3, -0.25) is 14.4 Å². The number of benzene rings is 2. The number of aryl methyl sites for hydroxylation is 1. The summed E-state index contributed by atoms with van der Waals surface area (Å²) in [5.74, 6) is 0.143. The summed E-state index contributed by atoms with van der Waals surface area (Å²) < 4.78 is 15.9. The highest BCUT2D eigenvalue weighted by Crippen LogP contribution is 2.28. The van der Waals surface area contributed by atoms with Crippen molar-refractivity contribution in [1.29, 1.82) is 0 Å². The molecule has 0 saturated heterocycles. The van der Waals surface area contributed by atoms with Crippen molar-refractivity contribution in [2.75, 3.05) is 25.1 Å². The zero-order chi connectivity index (χ0) is 19.9. The molecule has 0 fully saturated rings. The molecule has 0 aromatic heterocycles. The van der Waals surface area contributed by atoms with Gasteiger partial charge in [-0.2, -0.15) is 0 Å². The number of esters is 1. The number of hydrogen-bond donors (Lipinski definition) is 1. The lowest BCUT2D eigenvalue weighted by atomic mass is 10.1. The minimum atomic E-state index is -0.464. The number of fused-ring (bicyclic) bond motifs is 1. The van der Waals surface area contributed by atoms with Crippen LogP contribution in [-0.2, 0) is 20.7 Å². The number of carbonyl (C=O) groups is 3. The predicted octanol–water partition coefficient (Wildman–Crippen LogP) is 2.77. The second-order valence-corrected chi connectivity index (χ2v) is 6.17. The molecule has 1 aliphatic heterocycles. The van der Waals surface area contributed by atoms with Crippen LogP contribution in [0.4, 0.5) is 5.69 Å². The average molecular weight is 383 g/mol. The second kappa shape index (κ2) is 9.03.